The molecule has 1 aromatic rings. The first kappa shape index (κ1) is 15.4. The van der Waals surface area contributed by atoms with Crippen LogP contribution in [0.2, 0.25) is 0 Å². The minimum atomic E-state index is 0.396. The van der Waals surface area contributed by atoms with Crippen molar-refractivity contribution in [2.75, 3.05) is 0 Å². The van der Waals surface area contributed by atoms with Crippen LogP contribution in [-0.4, -0.2) is 10.9 Å². The van der Waals surface area contributed by atoms with Gasteiger partial charge in [-0.15, -0.1) is 0 Å². The van der Waals surface area contributed by atoms with Crippen LogP contribution in [0.4, 0.5) is 0 Å². The van der Waals surface area contributed by atoms with E-state index in [4.69, 9.17) is 4.74 Å². The van der Waals surface area contributed by atoms with Gasteiger partial charge in [-0.2, -0.15) is 0 Å². The van der Waals surface area contributed by atoms with E-state index in [2.05, 4.69) is 54.0 Å². The number of hydrogen-bond acceptors (Lipinski definition) is 1. The maximum absolute atomic E-state index is 6.37. The lowest BCUT2D eigenvalue weighted by Gasteiger charge is -2.53. The fraction of sp³-hybridized carbons (Fsp3) is 0.684. The molecular weight excluding hydrogens is 324 g/mol. The molecule has 2 atom stereocenters. The van der Waals surface area contributed by atoms with E-state index >= 15 is 0 Å². The normalized spacial score (nSPS) is 28.2. The zero-order valence-corrected chi connectivity index (χ0v) is 14.9. The van der Waals surface area contributed by atoms with Crippen LogP contribution in [0.5, 0.6) is 5.75 Å². The van der Waals surface area contributed by atoms with Crippen molar-refractivity contribution in [1.82, 2.24) is 0 Å². The molecule has 2 heteroatoms. The summed E-state index contributed by atoms with van der Waals surface area (Å²) < 4.78 is 6.37. The predicted molar refractivity (Wildman–Crippen MR) is 92.4 cm³/mol. The maximum atomic E-state index is 6.37. The third kappa shape index (κ3) is 3.02. The quantitative estimate of drug-likeness (QED) is 0.601. The second kappa shape index (κ2) is 6.32. The van der Waals surface area contributed by atoms with Crippen molar-refractivity contribution in [1.29, 1.82) is 0 Å². The molecule has 0 aromatic heterocycles. The molecule has 116 valence electrons. The maximum Gasteiger partial charge on any atom is 0.119 e. The first-order valence-electron chi connectivity index (χ1n) is 8.52. The van der Waals surface area contributed by atoms with Gasteiger partial charge in [-0.05, 0) is 42.9 Å². The van der Waals surface area contributed by atoms with E-state index in [1.165, 1.54) is 44.1 Å². The molecule has 1 aromatic carbocycles. The molecule has 2 aliphatic carbocycles. The summed E-state index contributed by atoms with van der Waals surface area (Å²) in [5.74, 6) is 1.63. The second-order valence-corrected chi connectivity index (χ2v) is 8.29. The summed E-state index contributed by atoms with van der Waals surface area (Å²) in [6.45, 7) is 4.47. The summed E-state index contributed by atoms with van der Waals surface area (Å²) in [6, 6.07) is 8.73. The van der Waals surface area contributed by atoms with E-state index in [1.807, 2.05) is 0 Å². The summed E-state index contributed by atoms with van der Waals surface area (Å²) in [5.41, 5.74) is 1.78. The minimum Gasteiger partial charge on any atom is -0.490 e. The SMILES string of the molecule is CC(C)c1ccc(OC2CC(Br)C23CCCCCC3)cc1. The van der Waals surface area contributed by atoms with Gasteiger partial charge in [-0.3, -0.25) is 0 Å². The fourth-order valence-electron chi connectivity index (χ4n) is 3.98. The molecule has 0 amide bonds. The predicted octanol–water partition coefficient (Wildman–Crippen LogP) is 6.07. The molecule has 1 spiro atoms. The van der Waals surface area contributed by atoms with Gasteiger partial charge in [0.2, 0.25) is 0 Å². The fourth-order valence-corrected chi connectivity index (χ4v) is 5.07. The number of ether oxygens (including phenoxy) is 1. The molecule has 2 fully saturated rings. The standard InChI is InChI=1S/C19H27BrO/c1-14(2)15-7-9-16(10-8-15)21-18-13-17(20)19(18)11-5-3-4-6-12-19/h7-10,14,17-18H,3-6,11-13H2,1-2H3. The number of rotatable bonds is 3. The molecule has 0 bridgehead atoms. The van der Waals surface area contributed by atoms with Gasteiger partial charge >= 0.3 is 0 Å². The molecule has 0 saturated heterocycles. The van der Waals surface area contributed by atoms with Gasteiger partial charge < -0.3 is 4.74 Å². The van der Waals surface area contributed by atoms with Crippen molar-refractivity contribution in [2.45, 2.75) is 75.6 Å². The van der Waals surface area contributed by atoms with Gasteiger partial charge in [0.25, 0.3) is 0 Å². The van der Waals surface area contributed by atoms with Crippen LogP contribution in [0.25, 0.3) is 0 Å². The molecule has 0 radical (unpaired) electrons. The monoisotopic (exact) mass is 350 g/mol. The van der Waals surface area contributed by atoms with Crippen LogP contribution in [-0.2, 0) is 0 Å². The lowest BCUT2D eigenvalue weighted by atomic mass is 9.61. The zero-order valence-electron chi connectivity index (χ0n) is 13.3. The van der Waals surface area contributed by atoms with Gasteiger partial charge in [-0.25, -0.2) is 0 Å². The largest absolute Gasteiger partial charge is 0.490 e. The Morgan fingerprint density at radius 2 is 1.67 bits per heavy atom. The first-order valence-corrected chi connectivity index (χ1v) is 9.44. The zero-order chi connectivity index (χ0) is 14.9. The molecule has 3 rings (SSSR count). The van der Waals surface area contributed by atoms with Gasteiger partial charge in [0.15, 0.2) is 0 Å². The van der Waals surface area contributed by atoms with Crippen molar-refractivity contribution < 1.29 is 4.74 Å². The van der Waals surface area contributed by atoms with Crippen LogP contribution in [0.15, 0.2) is 24.3 Å². The Balaban J connectivity index is 1.69. The highest BCUT2D eigenvalue weighted by Crippen LogP contribution is 2.55. The van der Waals surface area contributed by atoms with Gasteiger partial charge in [-0.1, -0.05) is 67.6 Å². The smallest absolute Gasteiger partial charge is 0.119 e. The Morgan fingerprint density at radius 1 is 1.05 bits per heavy atom. The summed E-state index contributed by atoms with van der Waals surface area (Å²) >= 11 is 3.92. The number of benzene rings is 1. The molecule has 21 heavy (non-hydrogen) atoms. The first-order chi connectivity index (χ1) is 10.1. The average Bonchev–Trinajstić information content (AvgIpc) is 2.75. The molecule has 0 aliphatic heterocycles. The van der Waals surface area contributed by atoms with E-state index in [0.717, 1.165) is 12.2 Å². The van der Waals surface area contributed by atoms with Crippen molar-refractivity contribution in [2.24, 2.45) is 5.41 Å². The second-order valence-electron chi connectivity index (χ2n) is 7.18. The third-order valence-electron chi connectivity index (χ3n) is 5.55. The van der Waals surface area contributed by atoms with Crippen LogP contribution in [0, 0.1) is 5.41 Å². The molecular formula is C19H27BrO. The lowest BCUT2D eigenvalue weighted by Crippen LogP contribution is -2.56. The molecule has 0 heterocycles. The number of hydrogen-bond donors (Lipinski definition) is 0. The Morgan fingerprint density at radius 3 is 2.19 bits per heavy atom. The molecule has 0 N–H and O–H groups in total. The topological polar surface area (TPSA) is 9.23 Å². The van der Waals surface area contributed by atoms with E-state index in [-0.39, 0.29) is 0 Å². The highest BCUT2D eigenvalue weighted by Gasteiger charge is 2.54. The minimum absolute atomic E-state index is 0.396. The number of halogens is 1. The summed E-state index contributed by atoms with van der Waals surface area (Å²) in [6.07, 6.45) is 9.77. The molecule has 2 saturated carbocycles. The van der Waals surface area contributed by atoms with Crippen molar-refractivity contribution in [3.63, 3.8) is 0 Å². The summed E-state index contributed by atoms with van der Waals surface area (Å²) in [4.78, 5) is 0.656. The van der Waals surface area contributed by atoms with Crippen LogP contribution in [0.3, 0.4) is 0 Å². The third-order valence-corrected chi connectivity index (χ3v) is 6.83. The Labute approximate surface area is 137 Å². The molecule has 2 unspecified atom stereocenters. The van der Waals surface area contributed by atoms with Crippen molar-refractivity contribution in [3.8, 4) is 5.75 Å². The molecule has 1 nitrogen and oxygen atoms in total. The Bertz CT molecular complexity index is 457. The molecule has 2 aliphatic rings. The Hall–Kier alpha value is -0.500. The summed E-state index contributed by atoms with van der Waals surface area (Å²) in [7, 11) is 0. The summed E-state index contributed by atoms with van der Waals surface area (Å²) in [5, 5.41) is 0. The average molecular weight is 351 g/mol. The van der Waals surface area contributed by atoms with Crippen LogP contribution < -0.4 is 4.74 Å². The van der Waals surface area contributed by atoms with Crippen molar-refractivity contribution in [3.05, 3.63) is 29.8 Å². The van der Waals surface area contributed by atoms with E-state index in [0.29, 0.717) is 22.3 Å². The van der Waals surface area contributed by atoms with E-state index in [1.54, 1.807) is 0 Å². The highest BCUT2D eigenvalue weighted by atomic mass is 79.9. The van der Waals surface area contributed by atoms with Crippen molar-refractivity contribution >= 4 is 15.9 Å². The van der Waals surface area contributed by atoms with E-state index < -0.39 is 0 Å². The highest BCUT2D eigenvalue weighted by molar-refractivity contribution is 9.09. The van der Waals surface area contributed by atoms with Gasteiger partial charge in [0.05, 0.1) is 0 Å². The number of alkyl halides is 1. The van der Waals surface area contributed by atoms with Gasteiger partial charge in [0.1, 0.15) is 11.9 Å². The van der Waals surface area contributed by atoms with Gasteiger partial charge in [0, 0.05) is 10.2 Å². The lowest BCUT2D eigenvalue weighted by molar-refractivity contribution is -0.0462. The Kier molecular flexibility index (Phi) is 4.63. The van der Waals surface area contributed by atoms with Crippen LogP contribution in [0.1, 0.15) is 70.3 Å². The van der Waals surface area contributed by atoms with Crippen LogP contribution >= 0.6 is 15.9 Å². The van der Waals surface area contributed by atoms with E-state index in [9.17, 15) is 0 Å².